The smallest absolute Gasteiger partial charge is 0.272 e. The molecule has 2 N–H and O–H groups in total. The molecule has 1 amide bonds. The predicted molar refractivity (Wildman–Crippen MR) is 63.0 cm³/mol. The van der Waals surface area contributed by atoms with Gasteiger partial charge in [-0.2, -0.15) is 0 Å². The Bertz CT molecular complexity index is 388. The van der Waals surface area contributed by atoms with Crippen molar-refractivity contribution in [3.63, 3.8) is 0 Å². The van der Waals surface area contributed by atoms with Crippen LogP contribution in [0.15, 0.2) is 18.2 Å². The second-order valence-electron chi connectivity index (χ2n) is 4.18. The Morgan fingerprint density at radius 1 is 1.56 bits per heavy atom. The predicted octanol–water partition coefficient (Wildman–Crippen LogP) is 1.68. The number of pyridine rings is 1. The lowest BCUT2D eigenvalue weighted by molar-refractivity contribution is 0.0737. The van der Waals surface area contributed by atoms with E-state index in [1.807, 2.05) is 4.90 Å². The minimum absolute atomic E-state index is 0.0108. The van der Waals surface area contributed by atoms with Crippen molar-refractivity contribution in [2.75, 3.05) is 12.3 Å². The number of nitrogens with zero attached hydrogens (tertiary/aromatic N) is 2. The Morgan fingerprint density at radius 2 is 2.31 bits per heavy atom. The van der Waals surface area contributed by atoms with Gasteiger partial charge in [0.1, 0.15) is 11.5 Å². The number of carbonyl (C=O) groups excluding carboxylic acids is 1. The molecule has 16 heavy (non-hydrogen) atoms. The van der Waals surface area contributed by atoms with Crippen molar-refractivity contribution in [3.8, 4) is 0 Å². The quantitative estimate of drug-likeness (QED) is 0.838. The molecule has 1 saturated carbocycles. The first kappa shape index (κ1) is 10.9. The molecule has 1 heterocycles. The van der Waals surface area contributed by atoms with Crippen LogP contribution in [0.25, 0.3) is 0 Å². The van der Waals surface area contributed by atoms with Gasteiger partial charge in [0.25, 0.3) is 5.91 Å². The summed E-state index contributed by atoms with van der Waals surface area (Å²) in [5, 5.41) is 0. The van der Waals surface area contributed by atoms with Crippen LogP contribution in [0.4, 0.5) is 5.82 Å². The highest BCUT2D eigenvalue weighted by Gasteiger charge is 2.32. The van der Waals surface area contributed by atoms with Gasteiger partial charge in [0.15, 0.2) is 0 Å². The summed E-state index contributed by atoms with van der Waals surface area (Å²) in [5.74, 6) is 0.412. The third-order valence-corrected chi connectivity index (χ3v) is 2.70. The highest BCUT2D eigenvalue weighted by molar-refractivity contribution is 5.93. The van der Waals surface area contributed by atoms with Crippen LogP contribution < -0.4 is 5.73 Å². The molecule has 2 rings (SSSR count). The van der Waals surface area contributed by atoms with Crippen molar-refractivity contribution >= 4 is 11.7 Å². The van der Waals surface area contributed by atoms with Gasteiger partial charge in [-0.1, -0.05) is 13.0 Å². The van der Waals surface area contributed by atoms with Gasteiger partial charge in [0.05, 0.1) is 0 Å². The van der Waals surface area contributed by atoms with E-state index < -0.39 is 0 Å². The third kappa shape index (κ3) is 2.32. The summed E-state index contributed by atoms with van der Waals surface area (Å²) in [5.41, 5.74) is 6.04. The summed E-state index contributed by atoms with van der Waals surface area (Å²) >= 11 is 0. The van der Waals surface area contributed by atoms with Crippen molar-refractivity contribution in [1.82, 2.24) is 9.88 Å². The first-order valence-electron chi connectivity index (χ1n) is 5.76. The van der Waals surface area contributed by atoms with Crippen LogP contribution in [0.2, 0.25) is 0 Å². The molecule has 0 spiro atoms. The fourth-order valence-corrected chi connectivity index (χ4v) is 1.79. The second kappa shape index (κ2) is 4.51. The summed E-state index contributed by atoms with van der Waals surface area (Å²) in [4.78, 5) is 18.2. The Labute approximate surface area is 95.5 Å². The van der Waals surface area contributed by atoms with E-state index >= 15 is 0 Å². The minimum Gasteiger partial charge on any atom is -0.384 e. The summed E-state index contributed by atoms with van der Waals surface area (Å²) < 4.78 is 0. The molecule has 86 valence electrons. The molecule has 0 aliphatic heterocycles. The molecule has 0 radical (unpaired) electrons. The molecule has 0 atom stereocenters. The zero-order valence-electron chi connectivity index (χ0n) is 9.52. The van der Waals surface area contributed by atoms with Gasteiger partial charge in [-0.05, 0) is 31.4 Å². The number of nitrogens with two attached hydrogens (primary N) is 1. The van der Waals surface area contributed by atoms with E-state index in [-0.39, 0.29) is 5.91 Å². The number of aromatic nitrogens is 1. The third-order valence-electron chi connectivity index (χ3n) is 2.70. The molecule has 0 aromatic carbocycles. The molecular weight excluding hydrogens is 202 g/mol. The summed E-state index contributed by atoms with van der Waals surface area (Å²) in [6, 6.07) is 5.62. The first-order valence-corrected chi connectivity index (χ1v) is 5.76. The van der Waals surface area contributed by atoms with Gasteiger partial charge < -0.3 is 10.6 Å². The molecule has 1 aromatic heterocycles. The number of hydrogen-bond donors (Lipinski definition) is 1. The van der Waals surface area contributed by atoms with Gasteiger partial charge in [-0.15, -0.1) is 0 Å². The summed E-state index contributed by atoms with van der Waals surface area (Å²) in [7, 11) is 0. The zero-order valence-corrected chi connectivity index (χ0v) is 9.52. The number of carbonyl (C=O) groups is 1. The number of anilines is 1. The molecule has 4 nitrogen and oxygen atoms in total. The maximum atomic E-state index is 12.2. The number of rotatable bonds is 4. The van der Waals surface area contributed by atoms with Gasteiger partial charge in [-0.3, -0.25) is 4.79 Å². The van der Waals surface area contributed by atoms with Crippen molar-refractivity contribution in [1.29, 1.82) is 0 Å². The van der Waals surface area contributed by atoms with E-state index in [2.05, 4.69) is 11.9 Å². The van der Waals surface area contributed by atoms with Crippen molar-refractivity contribution in [3.05, 3.63) is 23.9 Å². The molecule has 1 aliphatic rings. The van der Waals surface area contributed by atoms with Crippen LogP contribution in [-0.4, -0.2) is 28.4 Å². The highest BCUT2D eigenvalue weighted by Crippen LogP contribution is 2.28. The summed E-state index contributed by atoms with van der Waals surface area (Å²) in [6.07, 6.45) is 3.21. The van der Waals surface area contributed by atoms with Crippen molar-refractivity contribution in [2.45, 2.75) is 32.2 Å². The van der Waals surface area contributed by atoms with Gasteiger partial charge >= 0.3 is 0 Å². The van der Waals surface area contributed by atoms with Crippen LogP contribution in [0, 0.1) is 0 Å². The van der Waals surface area contributed by atoms with Gasteiger partial charge in [-0.25, -0.2) is 4.98 Å². The van der Waals surface area contributed by atoms with Crippen LogP contribution >= 0.6 is 0 Å². The standard InChI is InChI=1S/C12H17N3O/c1-2-8-15(9-6-7-9)12(16)10-4-3-5-11(13)14-10/h3-5,9H,2,6-8H2,1H3,(H2,13,14). The van der Waals surface area contributed by atoms with E-state index in [4.69, 9.17) is 5.73 Å². The largest absolute Gasteiger partial charge is 0.384 e. The fourth-order valence-electron chi connectivity index (χ4n) is 1.79. The van der Waals surface area contributed by atoms with Gasteiger partial charge in [0, 0.05) is 12.6 Å². The lowest BCUT2D eigenvalue weighted by atomic mass is 10.3. The molecule has 1 aliphatic carbocycles. The lowest BCUT2D eigenvalue weighted by Crippen LogP contribution is -2.34. The maximum Gasteiger partial charge on any atom is 0.272 e. The second-order valence-corrected chi connectivity index (χ2v) is 4.18. The Balaban J connectivity index is 2.15. The van der Waals surface area contributed by atoms with E-state index in [9.17, 15) is 4.79 Å². The van der Waals surface area contributed by atoms with Crippen molar-refractivity contribution in [2.24, 2.45) is 0 Å². The number of amides is 1. The zero-order chi connectivity index (χ0) is 11.5. The average Bonchev–Trinajstić information content (AvgIpc) is 3.09. The monoisotopic (exact) mass is 219 g/mol. The molecular formula is C12H17N3O. The van der Waals surface area contributed by atoms with Gasteiger partial charge in [0.2, 0.25) is 0 Å². The SMILES string of the molecule is CCCN(C(=O)c1cccc(N)n1)C1CC1. The minimum atomic E-state index is 0.0108. The average molecular weight is 219 g/mol. The lowest BCUT2D eigenvalue weighted by Gasteiger charge is -2.21. The van der Waals surface area contributed by atoms with E-state index in [1.54, 1.807) is 18.2 Å². The van der Waals surface area contributed by atoms with E-state index in [0.717, 1.165) is 25.8 Å². The molecule has 0 unspecified atom stereocenters. The summed E-state index contributed by atoms with van der Waals surface area (Å²) in [6.45, 7) is 2.88. The fraction of sp³-hybridized carbons (Fsp3) is 0.500. The number of hydrogen-bond acceptors (Lipinski definition) is 3. The first-order chi connectivity index (χ1) is 7.72. The molecule has 4 heteroatoms. The number of nitrogen functional groups attached to an aromatic ring is 1. The van der Waals surface area contributed by atoms with Crippen LogP contribution in [0.1, 0.15) is 36.7 Å². The Hall–Kier alpha value is -1.58. The van der Waals surface area contributed by atoms with Crippen LogP contribution in [0.5, 0.6) is 0 Å². The molecule has 0 saturated heterocycles. The highest BCUT2D eigenvalue weighted by atomic mass is 16.2. The Morgan fingerprint density at radius 3 is 2.88 bits per heavy atom. The molecule has 0 bridgehead atoms. The van der Waals surface area contributed by atoms with E-state index in [1.165, 1.54) is 0 Å². The maximum absolute atomic E-state index is 12.2. The topological polar surface area (TPSA) is 59.2 Å². The molecule has 1 fully saturated rings. The molecule has 1 aromatic rings. The normalized spacial score (nSPS) is 14.8. The van der Waals surface area contributed by atoms with Crippen molar-refractivity contribution < 1.29 is 4.79 Å². The Kier molecular flexibility index (Phi) is 3.08. The van der Waals surface area contributed by atoms with Crippen LogP contribution in [-0.2, 0) is 0 Å². The van der Waals surface area contributed by atoms with E-state index in [0.29, 0.717) is 17.6 Å². The van der Waals surface area contributed by atoms with Crippen LogP contribution in [0.3, 0.4) is 0 Å².